The van der Waals surface area contributed by atoms with Crippen LogP contribution in [0.25, 0.3) is 22.4 Å². The van der Waals surface area contributed by atoms with Crippen LogP contribution in [0.3, 0.4) is 0 Å². The summed E-state index contributed by atoms with van der Waals surface area (Å²) < 4.78 is 57.6. The zero-order chi connectivity index (χ0) is 41.2. The van der Waals surface area contributed by atoms with Crippen molar-refractivity contribution in [2.75, 3.05) is 39.3 Å². The number of rotatable bonds is 13. The average Bonchev–Trinajstić information content (AvgIpc) is 3.86. The fourth-order valence-electron chi connectivity index (χ4n) is 7.47. The van der Waals surface area contributed by atoms with Crippen LogP contribution in [0.5, 0.6) is 5.75 Å². The molecule has 0 aliphatic carbocycles. The molecular formula is C40H43ClF3N7O7. The number of piperazine rings is 1. The molecule has 1 fully saturated rings. The third-order valence-corrected chi connectivity index (χ3v) is 10.9. The predicted octanol–water partition coefficient (Wildman–Crippen LogP) is 4.65. The summed E-state index contributed by atoms with van der Waals surface area (Å²) in [6.45, 7) is 2.48. The second-order valence-electron chi connectivity index (χ2n) is 15.1. The molecule has 1 saturated heterocycles. The predicted molar refractivity (Wildman–Crippen MR) is 204 cm³/mol. The highest BCUT2D eigenvalue weighted by Crippen LogP contribution is 2.35. The van der Waals surface area contributed by atoms with Crippen LogP contribution in [0.2, 0.25) is 5.02 Å². The number of carbonyl (C=O) groups excluding carboxylic acids is 2. The molecule has 14 nitrogen and oxygen atoms in total. The standard InChI is InChI=1S/C40H43ClF3N7O7/c1-39(2,38-46-17-33(58-38)23-7-9-25(41)10-8-23)51-12-11-50(30(19-51)37(55)47-21-40(42,43)44)18-26(52)13-24(14-27-15-29-34(57-27)16-45-22-48-29)36(54)49-35-28-5-3-4-6-32(28)56-20-31(35)53/h3-10,15-17,22,24,26,30-31,35,52-53H,11-14,18-21H2,1-2H3,(H,47,55)(H,49,54)/t24-,26-,30-,31+,35-/m0/s1. The Bertz CT molecular complexity index is 2180. The van der Waals surface area contributed by atoms with Gasteiger partial charge >= 0.3 is 6.18 Å². The number of β-amino-alcohol motifs (C(OH)–C–C–N with tert-alkyl or cyclic N) is 1. The lowest BCUT2D eigenvalue weighted by molar-refractivity contribution is -0.145. The first-order valence-electron chi connectivity index (χ1n) is 18.8. The van der Waals surface area contributed by atoms with Gasteiger partial charge in [-0.1, -0.05) is 29.8 Å². The minimum Gasteiger partial charge on any atom is -0.490 e. The maximum Gasteiger partial charge on any atom is 0.405 e. The Morgan fingerprint density at radius 2 is 1.83 bits per heavy atom. The monoisotopic (exact) mass is 825 g/mol. The van der Waals surface area contributed by atoms with Crippen LogP contribution < -0.4 is 15.4 Å². The molecule has 2 aromatic carbocycles. The number of hydrogen-bond donors (Lipinski definition) is 4. The van der Waals surface area contributed by atoms with E-state index < -0.39 is 60.3 Å². The van der Waals surface area contributed by atoms with Gasteiger partial charge in [-0.25, -0.2) is 15.0 Å². The Balaban J connectivity index is 1.09. The van der Waals surface area contributed by atoms with Crippen LogP contribution in [0, 0.1) is 5.92 Å². The molecule has 58 heavy (non-hydrogen) atoms. The summed E-state index contributed by atoms with van der Waals surface area (Å²) in [4.78, 5) is 43.9. The number of nitrogens with one attached hydrogen (secondary N) is 2. The highest BCUT2D eigenvalue weighted by Gasteiger charge is 2.43. The van der Waals surface area contributed by atoms with Crippen molar-refractivity contribution in [3.63, 3.8) is 0 Å². The van der Waals surface area contributed by atoms with Gasteiger partial charge in [-0.15, -0.1) is 0 Å². The number of ether oxygens (including phenoxy) is 1. The van der Waals surface area contributed by atoms with Crippen molar-refractivity contribution in [3.8, 4) is 17.1 Å². The van der Waals surface area contributed by atoms with E-state index in [1.807, 2.05) is 24.1 Å². The van der Waals surface area contributed by atoms with E-state index in [-0.39, 0.29) is 39.1 Å². The van der Waals surface area contributed by atoms with Crippen molar-refractivity contribution in [1.29, 1.82) is 0 Å². The fourth-order valence-corrected chi connectivity index (χ4v) is 7.60. The van der Waals surface area contributed by atoms with Gasteiger partial charge in [0.1, 0.15) is 48.7 Å². The minimum absolute atomic E-state index is 0.0208. The Hall–Kier alpha value is -5.07. The van der Waals surface area contributed by atoms with Crippen LogP contribution in [-0.2, 0) is 21.5 Å². The molecular weight excluding hydrogens is 783 g/mol. The first kappa shape index (κ1) is 41.1. The van der Waals surface area contributed by atoms with E-state index in [0.29, 0.717) is 51.4 Å². The number of fused-ring (bicyclic) bond motifs is 2. The van der Waals surface area contributed by atoms with E-state index in [1.54, 1.807) is 65.7 Å². The second kappa shape index (κ2) is 17.0. The van der Waals surface area contributed by atoms with Crippen molar-refractivity contribution >= 4 is 34.5 Å². The quantitative estimate of drug-likeness (QED) is 0.129. The van der Waals surface area contributed by atoms with Gasteiger partial charge in [0.05, 0.1) is 30.1 Å². The molecule has 0 radical (unpaired) electrons. The number of alkyl halides is 3. The van der Waals surface area contributed by atoms with Crippen LogP contribution in [0.1, 0.15) is 43.5 Å². The van der Waals surface area contributed by atoms with Crippen LogP contribution in [-0.4, -0.2) is 111 Å². The average molecular weight is 826 g/mol. The molecule has 2 aliphatic heterocycles. The van der Waals surface area contributed by atoms with Gasteiger partial charge < -0.3 is 34.4 Å². The molecule has 0 bridgehead atoms. The summed E-state index contributed by atoms with van der Waals surface area (Å²) in [7, 11) is 0. The lowest BCUT2D eigenvalue weighted by Crippen LogP contribution is -2.63. The number of amides is 2. The maximum absolute atomic E-state index is 14.1. The zero-order valence-corrected chi connectivity index (χ0v) is 32.4. The van der Waals surface area contributed by atoms with Gasteiger partial charge in [-0.3, -0.25) is 19.4 Å². The smallest absolute Gasteiger partial charge is 0.405 e. The van der Waals surface area contributed by atoms with Gasteiger partial charge in [0.2, 0.25) is 17.7 Å². The van der Waals surface area contributed by atoms with Gasteiger partial charge in [0.25, 0.3) is 0 Å². The van der Waals surface area contributed by atoms with Crippen LogP contribution >= 0.6 is 11.6 Å². The molecule has 2 aliphatic rings. The number of hydrogen-bond acceptors (Lipinski definition) is 12. The molecule has 5 atom stereocenters. The van der Waals surface area contributed by atoms with Gasteiger partial charge in [0, 0.05) is 60.7 Å². The van der Waals surface area contributed by atoms with Crippen molar-refractivity contribution in [1.82, 2.24) is 35.4 Å². The minimum atomic E-state index is -4.65. The third-order valence-electron chi connectivity index (χ3n) is 10.6. The normalized spacial score (nSPS) is 20.2. The molecule has 2 amide bonds. The Morgan fingerprint density at radius 1 is 1.05 bits per heavy atom. The fraction of sp³-hybridized carbons (Fsp3) is 0.425. The van der Waals surface area contributed by atoms with E-state index >= 15 is 0 Å². The SMILES string of the molecule is CC(C)(c1ncc(-c2ccc(Cl)cc2)o1)N1CCN(C[C@@H](O)C[C@@H](Cc2cc3ncncc3o2)C(=O)N[C@H]2c3ccccc3OC[C@H]2O)[C@H](C(=O)NCC(F)(F)F)C1. The van der Waals surface area contributed by atoms with Gasteiger partial charge in [-0.05, 0) is 50.6 Å². The number of furan rings is 1. The number of para-hydroxylation sites is 1. The molecule has 18 heteroatoms. The molecule has 308 valence electrons. The van der Waals surface area contributed by atoms with Gasteiger partial charge in [-0.2, -0.15) is 13.2 Å². The van der Waals surface area contributed by atoms with Crippen LogP contribution in [0.15, 0.2) is 82.2 Å². The number of aromatic nitrogens is 3. The second-order valence-corrected chi connectivity index (χ2v) is 15.5. The van der Waals surface area contributed by atoms with Crippen molar-refractivity contribution in [2.45, 2.75) is 62.7 Å². The first-order chi connectivity index (χ1) is 27.6. The molecule has 5 heterocycles. The first-order valence-corrected chi connectivity index (χ1v) is 19.1. The summed E-state index contributed by atoms with van der Waals surface area (Å²) in [5, 5.41) is 28.0. The Kier molecular flexibility index (Phi) is 12.1. The molecule has 0 unspecified atom stereocenters. The molecule has 0 saturated carbocycles. The lowest BCUT2D eigenvalue weighted by atomic mass is 9.92. The van der Waals surface area contributed by atoms with E-state index in [2.05, 4.69) is 20.3 Å². The number of carbonyl (C=O) groups is 2. The topological polar surface area (TPSA) is 179 Å². The van der Waals surface area contributed by atoms with E-state index in [1.165, 1.54) is 12.5 Å². The lowest BCUT2D eigenvalue weighted by Gasteiger charge is -2.46. The third kappa shape index (κ3) is 9.45. The number of halogens is 4. The molecule has 3 aromatic heterocycles. The largest absolute Gasteiger partial charge is 0.490 e. The Labute approximate surface area is 336 Å². The highest BCUT2D eigenvalue weighted by atomic mass is 35.5. The molecule has 5 aromatic rings. The number of aliphatic hydroxyl groups is 2. The molecule has 4 N–H and O–H groups in total. The van der Waals surface area contributed by atoms with Crippen LogP contribution in [0.4, 0.5) is 13.2 Å². The number of oxazole rings is 1. The molecule has 7 rings (SSSR count). The van der Waals surface area contributed by atoms with Gasteiger partial charge in [0.15, 0.2) is 11.3 Å². The van der Waals surface area contributed by atoms with E-state index in [0.717, 1.165) is 5.56 Å². The van der Waals surface area contributed by atoms with Crippen molar-refractivity contribution in [3.05, 3.63) is 95.6 Å². The summed E-state index contributed by atoms with van der Waals surface area (Å²) in [6.07, 6.45) is -2.57. The number of nitrogens with zero attached hydrogens (tertiary/aromatic N) is 5. The summed E-state index contributed by atoms with van der Waals surface area (Å²) in [6, 6.07) is 13.8. The molecule has 0 spiro atoms. The summed E-state index contributed by atoms with van der Waals surface area (Å²) >= 11 is 6.04. The maximum atomic E-state index is 14.1. The summed E-state index contributed by atoms with van der Waals surface area (Å²) in [5.74, 6) is -0.517. The van der Waals surface area contributed by atoms with Crippen molar-refractivity contribution < 1.29 is 46.5 Å². The highest BCUT2D eigenvalue weighted by molar-refractivity contribution is 6.30. The van der Waals surface area contributed by atoms with Crippen molar-refractivity contribution in [2.24, 2.45) is 5.92 Å². The number of benzene rings is 2. The zero-order valence-electron chi connectivity index (χ0n) is 31.7. The Morgan fingerprint density at radius 3 is 2.59 bits per heavy atom. The summed E-state index contributed by atoms with van der Waals surface area (Å²) in [5.41, 5.74) is 1.37. The number of aliphatic hydroxyl groups excluding tert-OH is 2. The van der Waals surface area contributed by atoms with E-state index in [9.17, 15) is 33.0 Å². The van der Waals surface area contributed by atoms with E-state index in [4.69, 9.17) is 25.2 Å².